The van der Waals surface area contributed by atoms with Crippen molar-refractivity contribution >= 4 is 0 Å². The van der Waals surface area contributed by atoms with Crippen molar-refractivity contribution in [2.24, 2.45) is 5.73 Å². The molecule has 0 spiro atoms. The first kappa shape index (κ1) is 11.0. The Morgan fingerprint density at radius 1 is 1.50 bits per heavy atom. The zero-order valence-corrected chi connectivity index (χ0v) is 8.87. The molecule has 0 aliphatic rings. The summed E-state index contributed by atoms with van der Waals surface area (Å²) in [6.07, 6.45) is 0. The number of nitrogens with two attached hydrogens (primary N) is 1. The van der Waals surface area contributed by atoms with Gasteiger partial charge >= 0.3 is 0 Å². The summed E-state index contributed by atoms with van der Waals surface area (Å²) in [5.41, 5.74) is 7.16. The molecule has 14 heavy (non-hydrogen) atoms. The van der Waals surface area contributed by atoms with Crippen LogP contribution in [0.25, 0.3) is 0 Å². The summed E-state index contributed by atoms with van der Waals surface area (Å²) >= 11 is 0. The summed E-state index contributed by atoms with van der Waals surface area (Å²) in [6, 6.07) is 5.68. The average Bonchev–Trinajstić information content (AvgIpc) is 2.17. The van der Waals surface area contributed by atoms with Gasteiger partial charge in [0.15, 0.2) is 0 Å². The molecule has 0 unspecified atom stereocenters. The lowest BCUT2D eigenvalue weighted by atomic mass is 9.93. The summed E-state index contributed by atoms with van der Waals surface area (Å²) < 4.78 is 5.14. The molecule has 78 valence electrons. The molecule has 0 saturated heterocycles. The standard InChI is InChI=1S/C11H17NO2/c1-8-6-9(11(2,12)7-13)4-5-10(8)14-3/h4-6,13H,7,12H2,1-3H3/t11-/m1/s1. The Hall–Kier alpha value is -1.06. The highest BCUT2D eigenvalue weighted by Gasteiger charge is 2.20. The van der Waals surface area contributed by atoms with Gasteiger partial charge in [-0.25, -0.2) is 0 Å². The van der Waals surface area contributed by atoms with Crippen molar-refractivity contribution in [3.8, 4) is 5.75 Å². The lowest BCUT2D eigenvalue weighted by molar-refractivity contribution is 0.210. The average molecular weight is 195 g/mol. The van der Waals surface area contributed by atoms with Gasteiger partial charge < -0.3 is 15.6 Å². The Morgan fingerprint density at radius 2 is 2.14 bits per heavy atom. The monoisotopic (exact) mass is 195 g/mol. The van der Waals surface area contributed by atoms with E-state index in [1.54, 1.807) is 14.0 Å². The highest BCUT2D eigenvalue weighted by Crippen LogP contribution is 2.24. The molecule has 0 heterocycles. The molecule has 1 aromatic rings. The highest BCUT2D eigenvalue weighted by atomic mass is 16.5. The summed E-state index contributed by atoms with van der Waals surface area (Å²) in [5, 5.41) is 9.11. The molecule has 0 aliphatic carbocycles. The van der Waals surface area contributed by atoms with Crippen molar-refractivity contribution in [2.75, 3.05) is 13.7 Å². The zero-order chi connectivity index (χ0) is 10.8. The van der Waals surface area contributed by atoms with Gasteiger partial charge in [0, 0.05) is 0 Å². The highest BCUT2D eigenvalue weighted by molar-refractivity contribution is 5.38. The van der Waals surface area contributed by atoms with Crippen LogP contribution < -0.4 is 10.5 Å². The molecule has 0 aromatic heterocycles. The predicted molar refractivity (Wildman–Crippen MR) is 56.4 cm³/mol. The van der Waals surface area contributed by atoms with E-state index < -0.39 is 5.54 Å². The fourth-order valence-electron chi connectivity index (χ4n) is 1.32. The molecule has 0 saturated carbocycles. The number of benzene rings is 1. The predicted octanol–water partition coefficient (Wildman–Crippen LogP) is 1.17. The molecule has 0 aliphatic heterocycles. The third-order valence-electron chi connectivity index (χ3n) is 2.38. The van der Waals surface area contributed by atoms with Crippen LogP contribution in [0.3, 0.4) is 0 Å². The number of ether oxygens (including phenoxy) is 1. The van der Waals surface area contributed by atoms with Gasteiger partial charge in [-0.15, -0.1) is 0 Å². The number of hydrogen-bond acceptors (Lipinski definition) is 3. The van der Waals surface area contributed by atoms with Crippen LogP contribution in [0.2, 0.25) is 0 Å². The van der Waals surface area contributed by atoms with E-state index in [2.05, 4.69) is 0 Å². The number of hydrogen-bond donors (Lipinski definition) is 2. The molecule has 1 rings (SSSR count). The van der Waals surface area contributed by atoms with Crippen LogP contribution in [0.15, 0.2) is 18.2 Å². The second-order valence-corrected chi connectivity index (χ2v) is 3.76. The van der Waals surface area contributed by atoms with Gasteiger partial charge in [-0.2, -0.15) is 0 Å². The number of aliphatic hydroxyl groups is 1. The maximum absolute atomic E-state index is 9.11. The van der Waals surface area contributed by atoms with E-state index in [9.17, 15) is 0 Å². The molecule has 0 fully saturated rings. The fraction of sp³-hybridized carbons (Fsp3) is 0.455. The van der Waals surface area contributed by atoms with Crippen LogP contribution in [0, 0.1) is 6.92 Å². The van der Waals surface area contributed by atoms with Crippen molar-refractivity contribution in [1.82, 2.24) is 0 Å². The second kappa shape index (κ2) is 3.98. The molecule has 0 radical (unpaired) electrons. The minimum Gasteiger partial charge on any atom is -0.496 e. The molecular weight excluding hydrogens is 178 g/mol. The molecular formula is C11H17NO2. The van der Waals surface area contributed by atoms with Crippen molar-refractivity contribution < 1.29 is 9.84 Å². The van der Waals surface area contributed by atoms with E-state index in [0.717, 1.165) is 16.9 Å². The van der Waals surface area contributed by atoms with Crippen molar-refractivity contribution in [1.29, 1.82) is 0 Å². The normalized spacial score (nSPS) is 14.9. The van der Waals surface area contributed by atoms with Crippen molar-refractivity contribution in [3.63, 3.8) is 0 Å². The van der Waals surface area contributed by atoms with E-state index in [1.165, 1.54) is 0 Å². The maximum Gasteiger partial charge on any atom is 0.121 e. The van der Waals surface area contributed by atoms with Crippen LogP contribution in [-0.4, -0.2) is 18.8 Å². The fourth-order valence-corrected chi connectivity index (χ4v) is 1.32. The Balaban J connectivity index is 3.08. The topological polar surface area (TPSA) is 55.5 Å². The summed E-state index contributed by atoms with van der Waals surface area (Å²) in [7, 11) is 1.63. The SMILES string of the molecule is COc1ccc([C@](C)(N)CO)cc1C. The number of aryl methyl sites for hydroxylation is 1. The Labute approximate surface area is 84.5 Å². The van der Waals surface area contributed by atoms with E-state index in [-0.39, 0.29) is 6.61 Å². The van der Waals surface area contributed by atoms with Gasteiger partial charge in [-0.05, 0) is 31.0 Å². The summed E-state index contributed by atoms with van der Waals surface area (Å²) in [6.45, 7) is 3.68. The van der Waals surface area contributed by atoms with Gasteiger partial charge in [0.05, 0.1) is 19.3 Å². The number of aliphatic hydroxyl groups excluding tert-OH is 1. The van der Waals surface area contributed by atoms with E-state index >= 15 is 0 Å². The van der Waals surface area contributed by atoms with E-state index in [0.29, 0.717) is 0 Å². The summed E-state index contributed by atoms with van der Waals surface area (Å²) in [4.78, 5) is 0. The molecule has 0 amide bonds. The molecule has 3 nitrogen and oxygen atoms in total. The number of rotatable bonds is 3. The van der Waals surface area contributed by atoms with Gasteiger partial charge in [0.25, 0.3) is 0 Å². The summed E-state index contributed by atoms with van der Waals surface area (Å²) in [5.74, 6) is 0.836. The first-order chi connectivity index (χ1) is 6.51. The van der Waals surface area contributed by atoms with Crippen LogP contribution in [0.4, 0.5) is 0 Å². The molecule has 1 aromatic carbocycles. The van der Waals surface area contributed by atoms with Gasteiger partial charge in [-0.3, -0.25) is 0 Å². The van der Waals surface area contributed by atoms with Gasteiger partial charge in [0.2, 0.25) is 0 Å². The Morgan fingerprint density at radius 3 is 2.57 bits per heavy atom. The quantitative estimate of drug-likeness (QED) is 0.761. The second-order valence-electron chi connectivity index (χ2n) is 3.76. The minimum absolute atomic E-state index is 0.0707. The van der Waals surface area contributed by atoms with Gasteiger partial charge in [-0.1, -0.05) is 12.1 Å². The Kier molecular flexibility index (Phi) is 3.13. The molecule has 3 heteroatoms. The molecule has 1 atom stereocenters. The lowest BCUT2D eigenvalue weighted by Gasteiger charge is -2.23. The molecule has 3 N–H and O–H groups in total. The van der Waals surface area contributed by atoms with Crippen LogP contribution in [0.5, 0.6) is 5.75 Å². The third-order valence-corrected chi connectivity index (χ3v) is 2.38. The van der Waals surface area contributed by atoms with Crippen LogP contribution in [0.1, 0.15) is 18.1 Å². The largest absolute Gasteiger partial charge is 0.496 e. The van der Waals surface area contributed by atoms with Crippen molar-refractivity contribution in [2.45, 2.75) is 19.4 Å². The molecule has 0 bridgehead atoms. The van der Waals surface area contributed by atoms with E-state index in [1.807, 2.05) is 25.1 Å². The van der Waals surface area contributed by atoms with Gasteiger partial charge in [0.1, 0.15) is 5.75 Å². The first-order valence-corrected chi connectivity index (χ1v) is 4.56. The smallest absolute Gasteiger partial charge is 0.121 e. The minimum atomic E-state index is -0.684. The Bertz CT molecular complexity index is 321. The maximum atomic E-state index is 9.11. The lowest BCUT2D eigenvalue weighted by Crippen LogP contribution is -2.36. The van der Waals surface area contributed by atoms with E-state index in [4.69, 9.17) is 15.6 Å². The van der Waals surface area contributed by atoms with Crippen molar-refractivity contribution in [3.05, 3.63) is 29.3 Å². The van der Waals surface area contributed by atoms with Crippen LogP contribution >= 0.6 is 0 Å². The first-order valence-electron chi connectivity index (χ1n) is 4.56. The van der Waals surface area contributed by atoms with Crippen LogP contribution in [-0.2, 0) is 5.54 Å². The zero-order valence-electron chi connectivity index (χ0n) is 8.87. The number of methoxy groups -OCH3 is 1. The third kappa shape index (κ3) is 2.05.